The van der Waals surface area contributed by atoms with E-state index in [1.807, 2.05) is 24.3 Å². The lowest BCUT2D eigenvalue weighted by atomic mass is 10.1. The van der Waals surface area contributed by atoms with E-state index in [1.54, 1.807) is 0 Å². The Labute approximate surface area is 129 Å². The van der Waals surface area contributed by atoms with Crippen molar-refractivity contribution in [2.75, 3.05) is 5.32 Å². The summed E-state index contributed by atoms with van der Waals surface area (Å²) >= 11 is 0. The smallest absolute Gasteiger partial charge is 0.227 e. The summed E-state index contributed by atoms with van der Waals surface area (Å²) < 4.78 is 2.18. The zero-order valence-corrected chi connectivity index (χ0v) is 12.6. The van der Waals surface area contributed by atoms with E-state index in [-0.39, 0.29) is 11.8 Å². The summed E-state index contributed by atoms with van der Waals surface area (Å²) in [7, 11) is 0. The number of carbonyl (C=O) groups excluding carboxylic acids is 1. The van der Waals surface area contributed by atoms with Crippen molar-refractivity contribution in [1.82, 2.24) is 14.8 Å². The Morgan fingerprint density at radius 1 is 1.18 bits per heavy atom. The van der Waals surface area contributed by atoms with E-state index < -0.39 is 0 Å². The van der Waals surface area contributed by atoms with Crippen molar-refractivity contribution in [2.24, 2.45) is 5.92 Å². The van der Waals surface area contributed by atoms with Gasteiger partial charge in [-0.25, -0.2) is 0 Å². The molecule has 0 spiro atoms. The predicted molar refractivity (Wildman–Crippen MR) is 84.4 cm³/mol. The van der Waals surface area contributed by atoms with Gasteiger partial charge in [-0.3, -0.25) is 4.79 Å². The number of carbonyl (C=O) groups is 1. The number of aryl methyl sites for hydroxylation is 1. The van der Waals surface area contributed by atoms with Gasteiger partial charge in [0.05, 0.1) is 0 Å². The van der Waals surface area contributed by atoms with Gasteiger partial charge in [0.2, 0.25) is 5.91 Å². The van der Waals surface area contributed by atoms with Gasteiger partial charge in [-0.05, 0) is 31.4 Å². The Morgan fingerprint density at radius 3 is 2.91 bits per heavy atom. The molecule has 5 nitrogen and oxygen atoms in total. The maximum Gasteiger partial charge on any atom is 0.227 e. The molecule has 1 aromatic carbocycles. The number of anilines is 1. The summed E-state index contributed by atoms with van der Waals surface area (Å²) in [5, 5.41) is 11.6. The third-order valence-electron chi connectivity index (χ3n) is 4.72. The minimum absolute atomic E-state index is 0.154. The molecule has 22 heavy (non-hydrogen) atoms. The highest BCUT2D eigenvalue weighted by atomic mass is 16.1. The fraction of sp³-hybridized carbons (Fsp3) is 0.471. The van der Waals surface area contributed by atoms with Crippen LogP contribution >= 0.6 is 0 Å². The SMILES string of the molecule is O=C(Nc1cccc(-c2nnc3n2CCC3)c1)C1CCCC1. The number of hydrogen-bond donors (Lipinski definition) is 1. The first-order valence-corrected chi connectivity index (χ1v) is 8.14. The van der Waals surface area contributed by atoms with Crippen LogP contribution in [-0.4, -0.2) is 20.7 Å². The molecular weight excluding hydrogens is 276 g/mol. The number of aromatic nitrogens is 3. The summed E-state index contributed by atoms with van der Waals surface area (Å²) in [6.45, 7) is 0.982. The van der Waals surface area contributed by atoms with Crippen molar-refractivity contribution >= 4 is 11.6 Å². The van der Waals surface area contributed by atoms with E-state index in [0.29, 0.717) is 0 Å². The molecule has 5 heteroatoms. The van der Waals surface area contributed by atoms with Crippen molar-refractivity contribution in [2.45, 2.75) is 45.1 Å². The lowest BCUT2D eigenvalue weighted by Gasteiger charge is -2.11. The molecule has 1 fully saturated rings. The molecule has 114 valence electrons. The fourth-order valence-corrected chi connectivity index (χ4v) is 3.53. The van der Waals surface area contributed by atoms with E-state index in [9.17, 15) is 4.79 Å². The van der Waals surface area contributed by atoms with E-state index in [4.69, 9.17) is 0 Å². The molecule has 2 aromatic rings. The number of rotatable bonds is 3. The van der Waals surface area contributed by atoms with Crippen LogP contribution in [0.3, 0.4) is 0 Å². The molecule has 0 saturated heterocycles. The van der Waals surface area contributed by atoms with Gasteiger partial charge in [0.1, 0.15) is 5.82 Å². The van der Waals surface area contributed by atoms with Crippen LogP contribution in [0.15, 0.2) is 24.3 Å². The molecule has 1 aromatic heterocycles. The second-order valence-corrected chi connectivity index (χ2v) is 6.25. The predicted octanol–water partition coefficient (Wildman–Crippen LogP) is 3.02. The number of amides is 1. The minimum Gasteiger partial charge on any atom is -0.326 e. The first-order valence-electron chi connectivity index (χ1n) is 8.14. The quantitative estimate of drug-likeness (QED) is 0.947. The first-order chi connectivity index (χ1) is 10.8. The van der Waals surface area contributed by atoms with Gasteiger partial charge in [0.25, 0.3) is 0 Å². The third kappa shape index (κ3) is 2.40. The molecule has 4 rings (SSSR count). The number of hydrogen-bond acceptors (Lipinski definition) is 3. The monoisotopic (exact) mass is 296 g/mol. The maximum absolute atomic E-state index is 12.3. The summed E-state index contributed by atoms with van der Waals surface area (Å²) in [6.07, 6.45) is 6.52. The molecule has 1 saturated carbocycles. The second kappa shape index (κ2) is 5.55. The molecule has 0 bridgehead atoms. The average Bonchev–Trinajstić information content (AvgIpc) is 3.25. The van der Waals surface area contributed by atoms with Gasteiger partial charge in [0.15, 0.2) is 5.82 Å². The normalized spacial score (nSPS) is 17.6. The molecular formula is C17H20N4O. The van der Waals surface area contributed by atoms with Crippen molar-refractivity contribution in [3.05, 3.63) is 30.1 Å². The largest absolute Gasteiger partial charge is 0.326 e. The maximum atomic E-state index is 12.3. The molecule has 2 aliphatic rings. The molecule has 0 atom stereocenters. The lowest BCUT2D eigenvalue weighted by Crippen LogP contribution is -2.20. The number of nitrogens with zero attached hydrogens (tertiary/aromatic N) is 3. The summed E-state index contributed by atoms with van der Waals surface area (Å²) in [4.78, 5) is 12.3. The Morgan fingerprint density at radius 2 is 2.05 bits per heavy atom. The van der Waals surface area contributed by atoms with Gasteiger partial charge in [-0.15, -0.1) is 10.2 Å². The fourth-order valence-electron chi connectivity index (χ4n) is 3.53. The third-order valence-corrected chi connectivity index (χ3v) is 4.72. The van der Waals surface area contributed by atoms with Crippen LogP contribution in [0.5, 0.6) is 0 Å². The van der Waals surface area contributed by atoms with Crippen molar-refractivity contribution in [1.29, 1.82) is 0 Å². The van der Waals surface area contributed by atoms with Crippen molar-refractivity contribution in [3.63, 3.8) is 0 Å². The van der Waals surface area contributed by atoms with Crippen LogP contribution in [-0.2, 0) is 17.8 Å². The standard InChI is InChI=1S/C17H20N4O/c22-17(12-5-1-2-6-12)18-14-8-3-7-13(11-14)16-20-19-15-9-4-10-21(15)16/h3,7-8,11-12H,1-2,4-6,9-10H2,(H,18,22). The van der Waals surface area contributed by atoms with Crippen LogP contribution in [0.25, 0.3) is 11.4 Å². The van der Waals surface area contributed by atoms with Crippen LogP contribution < -0.4 is 5.32 Å². The molecule has 1 amide bonds. The molecule has 2 heterocycles. The second-order valence-electron chi connectivity index (χ2n) is 6.25. The van der Waals surface area contributed by atoms with Gasteiger partial charge < -0.3 is 9.88 Å². The van der Waals surface area contributed by atoms with Crippen molar-refractivity contribution < 1.29 is 4.79 Å². The zero-order valence-electron chi connectivity index (χ0n) is 12.6. The van der Waals surface area contributed by atoms with Gasteiger partial charge in [-0.2, -0.15) is 0 Å². The Hall–Kier alpha value is -2.17. The highest BCUT2D eigenvalue weighted by Gasteiger charge is 2.23. The van der Waals surface area contributed by atoms with E-state index >= 15 is 0 Å². The van der Waals surface area contributed by atoms with Crippen LogP contribution in [0, 0.1) is 5.92 Å². The summed E-state index contributed by atoms with van der Waals surface area (Å²) in [5.74, 6) is 2.31. The molecule has 1 N–H and O–H groups in total. The van der Waals surface area contributed by atoms with Crippen LogP contribution in [0.1, 0.15) is 37.9 Å². The van der Waals surface area contributed by atoms with E-state index in [2.05, 4.69) is 20.1 Å². The molecule has 1 aliphatic heterocycles. The van der Waals surface area contributed by atoms with Gasteiger partial charge in [-0.1, -0.05) is 25.0 Å². The highest BCUT2D eigenvalue weighted by molar-refractivity contribution is 5.93. The lowest BCUT2D eigenvalue weighted by molar-refractivity contribution is -0.119. The first kappa shape index (κ1) is 13.5. The topological polar surface area (TPSA) is 59.8 Å². The average molecular weight is 296 g/mol. The van der Waals surface area contributed by atoms with E-state index in [0.717, 1.165) is 55.1 Å². The molecule has 1 aliphatic carbocycles. The highest BCUT2D eigenvalue weighted by Crippen LogP contribution is 2.28. The van der Waals surface area contributed by atoms with Crippen molar-refractivity contribution in [3.8, 4) is 11.4 Å². The number of fused-ring (bicyclic) bond motifs is 1. The summed E-state index contributed by atoms with van der Waals surface area (Å²) in [6, 6.07) is 7.94. The van der Waals surface area contributed by atoms with Crippen LogP contribution in [0.2, 0.25) is 0 Å². The Balaban J connectivity index is 1.56. The Bertz CT molecular complexity index is 700. The minimum atomic E-state index is 0.154. The Kier molecular flexibility index (Phi) is 3.41. The number of benzene rings is 1. The van der Waals surface area contributed by atoms with E-state index in [1.165, 1.54) is 12.8 Å². The zero-order chi connectivity index (χ0) is 14.9. The summed E-state index contributed by atoms with van der Waals surface area (Å²) in [5.41, 5.74) is 1.87. The number of nitrogens with one attached hydrogen (secondary N) is 1. The van der Waals surface area contributed by atoms with Gasteiger partial charge in [0, 0.05) is 30.1 Å². The molecule has 0 radical (unpaired) electrons. The van der Waals surface area contributed by atoms with Gasteiger partial charge >= 0.3 is 0 Å². The van der Waals surface area contributed by atoms with Crippen LogP contribution in [0.4, 0.5) is 5.69 Å². The molecule has 0 unspecified atom stereocenters.